The minimum atomic E-state index is 0.164. The number of hydrogen-bond donors (Lipinski definition) is 1. The molecule has 1 unspecified atom stereocenters. The summed E-state index contributed by atoms with van der Waals surface area (Å²) < 4.78 is 0. The molecule has 0 spiro atoms. The van der Waals surface area contributed by atoms with Gasteiger partial charge in [0.2, 0.25) is 0 Å². The number of thioether (sulfide) groups is 1. The molecule has 1 aromatic carbocycles. The van der Waals surface area contributed by atoms with Crippen LogP contribution in [0.4, 0.5) is 0 Å². The first-order chi connectivity index (χ1) is 9.65. The first-order valence-corrected chi connectivity index (χ1v) is 8.62. The highest BCUT2D eigenvalue weighted by molar-refractivity contribution is 7.98. The summed E-state index contributed by atoms with van der Waals surface area (Å²) >= 11 is 1.83. The Morgan fingerprint density at radius 2 is 2.30 bits per heavy atom. The minimum Gasteiger partial charge on any atom is -0.339 e. The normalized spacial score (nSPS) is 15.6. The maximum absolute atomic E-state index is 12.7. The van der Waals surface area contributed by atoms with Crippen LogP contribution in [0.1, 0.15) is 34.8 Å². The molecule has 0 bridgehead atoms. The molecule has 1 aromatic rings. The number of nitrogens with zero attached hydrogens (tertiary/aromatic N) is 1. The SMILES string of the molecule is CSCCC(C)N(C)C(=O)c1cccc2c1CCNC2. The van der Waals surface area contributed by atoms with Crippen LogP contribution in [0.25, 0.3) is 0 Å². The van der Waals surface area contributed by atoms with Gasteiger partial charge in [-0.2, -0.15) is 11.8 Å². The maximum Gasteiger partial charge on any atom is 0.254 e. The standard InChI is InChI=1S/C16H24N2OS/c1-12(8-10-20-3)18(2)16(19)15-6-4-5-13-11-17-9-7-14(13)15/h4-6,12,17H,7-11H2,1-3H3. The van der Waals surface area contributed by atoms with Crippen molar-refractivity contribution in [2.24, 2.45) is 0 Å². The quantitative estimate of drug-likeness (QED) is 0.905. The van der Waals surface area contributed by atoms with Crippen molar-refractivity contribution in [2.75, 3.05) is 25.6 Å². The lowest BCUT2D eigenvalue weighted by atomic mass is 9.94. The average molecular weight is 292 g/mol. The third kappa shape index (κ3) is 3.36. The molecule has 3 nitrogen and oxygen atoms in total. The zero-order valence-corrected chi connectivity index (χ0v) is 13.4. The van der Waals surface area contributed by atoms with Crippen LogP contribution >= 0.6 is 11.8 Å². The van der Waals surface area contributed by atoms with Crippen LogP contribution in [0.5, 0.6) is 0 Å². The van der Waals surface area contributed by atoms with E-state index < -0.39 is 0 Å². The molecule has 2 rings (SSSR count). The number of rotatable bonds is 5. The number of benzene rings is 1. The van der Waals surface area contributed by atoms with Crippen LogP contribution in [-0.2, 0) is 13.0 Å². The molecule has 0 radical (unpaired) electrons. The fourth-order valence-electron chi connectivity index (χ4n) is 2.60. The largest absolute Gasteiger partial charge is 0.339 e. The van der Waals surface area contributed by atoms with Crippen LogP contribution < -0.4 is 5.32 Å². The van der Waals surface area contributed by atoms with Crippen LogP contribution in [0.15, 0.2) is 18.2 Å². The molecule has 1 aliphatic rings. The number of hydrogen-bond acceptors (Lipinski definition) is 3. The van der Waals surface area contributed by atoms with Gasteiger partial charge in [-0.3, -0.25) is 4.79 Å². The lowest BCUT2D eigenvalue weighted by Gasteiger charge is -2.27. The van der Waals surface area contributed by atoms with Gasteiger partial charge in [-0.15, -0.1) is 0 Å². The number of nitrogens with one attached hydrogen (secondary N) is 1. The fourth-order valence-corrected chi connectivity index (χ4v) is 3.18. The van der Waals surface area contributed by atoms with Crippen molar-refractivity contribution < 1.29 is 4.79 Å². The number of carbonyl (C=O) groups is 1. The van der Waals surface area contributed by atoms with Crippen LogP contribution in [0.3, 0.4) is 0 Å². The van der Waals surface area contributed by atoms with E-state index in [4.69, 9.17) is 0 Å². The van der Waals surface area contributed by atoms with Gasteiger partial charge in [0.05, 0.1) is 0 Å². The van der Waals surface area contributed by atoms with Gasteiger partial charge in [0.25, 0.3) is 5.91 Å². The van der Waals surface area contributed by atoms with E-state index in [2.05, 4.69) is 24.6 Å². The van der Waals surface area contributed by atoms with Gasteiger partial charge in [-0.25, -0.2) is 0 Å². The molecule has 1 heterocycles. The third-order valence-electron chi connectivity index (χ3n) is 4.09. The van der Waals surface area contributed by atoms with Crippen molar-refractivity contribution in [1.29, 1.82) is 0 Å². The van der Waals surface area contributed by atoms with E-state index in [9.17, 15) is 4.79 Å². The highest BCUT2D eigenvalue weighted by Crippen LogP contribution is 2.21. The molecule has 1 atom stereocenters. The van der Waals surface area contributed by atoms with E-state index in [0.717, 1.165) is 37.2 Å². The smallest absolute Gasteiger partial charge is 0.254 e. The van der Waals surface area contributed by atoms with Gasteiger partial charge in [-0.1, -0.05) is 12.1 Å². The molecule has 0 saturated heterocycles. The summed E-state index contributed by atoms with van der Waals surface area (Å²) in [6, 6.07) is 6.38. The summed E-state index contributed by atoms with van der Waals surface area (Å²) in [4.78, 5) is 14.6. The predicted octanol–water partition coefficient (Wildman–Crippen LogP) is 2.55. The number of amides is 1. The second kappa shape index (κ2) is 7.14. The highest BCUT2D eigenvalue weighted by atomic mass is 32.2. The summed E-state index contributed by atoms with van der Waals surface area (Å²) in [6.07, 6.45) is 4.10. The number of carbonyl (C=O) groups excluding carboxylic acids is 1. The van der Waals surface area contributed by atoms with Crippen molar-refractivity contribution in [2.45, 2.75) is 32.4 Å². The van der Waals surface area contributed by atoms with Crippen molar-refractivity contribution in [3.8, 4) is 0 Å². The Bertz CT molecular complexity index is 476. The molecule has 0 saturated carbocycles. The summed E-state index contributed by atoms with van der Waals surface area (Å²) in [7, 11) is 1.92. The highest BCUT2D eigenvalue weighted by Gasteiger charge is 2.22. The Hall–Kier alpha value is -1.00. The number of fused-ring (bicyclic) bond motifs is 1. The van der Waals surface area contributed by atoms with Crippen molar-refractivity contribution >= 4 is 17.7 Å². The molecule has 1 aliphatic heterocycles. The first kappa shape index (κ1) is 15.4. The summed E-state index contributed by atoms with van der Waals surface area (Å²) in [5, 5.41) is 3.36. The van der Waals surface area contributed by atoms with Gasteiger partial charge in [0, 0.05) is 25.2 Å². The van der Waals surface area contributed by atoms with Crippen molar-refractivity contribution in [1.82, 2.24) is 10.2 Å². The molecular weight excluding hydrogens is 268 g/mol. The zero-order valence-electron chi connectivity index (χ0n) is 12.6. The topological polar surface area (TPSA) is 32.3 Å². The summed E-state index contributed by atoms with van der Waals surface area (Å²) in [5.41, 5.74) is 3.40. The van der Waals surface area contributed by atoms with Gasteiger partial charge in [-0.05, 0) is 55.5 Å². The Labute approximate surface area is 126 Å². The maximum atomic E-state index is 12.7. The molecular formula is C16H24N2OS. The van der Waals surface area contributed by atoms with Gasteiger partial charge < -0.3 is 10.2 Å². The Balaban J connectivity index is 2.16. The van der Waals surface area contributed by atoms with E-state index >= 15 is 0 Å². The second-order valence-electron chi connectivity index (χ2n) is 5.42. The van der Waals surface area contributed by atoms with Crippen LogP contribution in [0, 0.1) is 0 Å². The molecule has 110 valence electrons. The van der Waals surface area contributed by atoms with E-state index in [-0.39, 0.29) is 11.9 Å². The molecule has 0 aliphatic carbocycles. The van der Waals surface area contributed by atoms with Gasteiger partial charge >= 0.3 is 0 Å². The third-order valence-corrected chi connectivity index (χ3v) is 4.74. The molecule has 0 fully saturated rings. The summed E-state index contributed by atoms with van der Waals surface area (Å²) in [6.45, 7) is 3.97. The molecule has 1 amide bonds. The Kier molecular flexibility index (Phi) is 5.49. The molecule has 0 aromatic heterocycles. The first-order valence-electron chi connectivity index (χ1n) is 7.22. The average Bonchev–Trinajstić information content (AvgIpc) is 2.50. The van der Waals surface area contributed by atoms with Gasteiger partial charge in [0.15, 0.2) is 0 Å². The van der Waals surface area contributed by atoms with Crippen LogP contribution in [0.2, 0.25) is 0 Å². The lowest BCUT2D eigenvalue weighted by Crippen LogP contribution is -2.37. The minimum absolute atomic E-state index is 0.164. The molecule has 4 heteroatoms. The van der Waals surface area contributed by atoms with E-state index in [1.54, 1.807) is 0 Å². The lowest BCUT2D eigenvalue weighted by molar-refractivity contribution is 0.0740. The van der Waals surface area contributed by atoms with E-state index in [1.165, 1.54) is 11.1 Å². The Morgan fingerprint density at radius 1 is 1.50 bits per heavy atom. The predicted molar refractivity (Wildman–Crippen MR) is 86.4 cm³/mol. The van der Waals surface area contributed by atoms with Gasteiger partial charge in [0.1, 0.15) is 0 Å². The van der Waals surface area contributed by atoms with E-state index in [0.29, 0.717) is 0 Å². The van der Waals surface area contributed by atoms with Crippen molar-refractivity contribution in [3.05, 3.63) is 34.9 Å². The molecule has 1 N–H and O–H groups in total. The van der Waals surface area contributed by atoms with Crippen molar-refractivity contribution in [3.63, 3.8) is 0 Å². The second-order valence-corrected chi connectivity index (χ2v) is 6.40. The Morgan fingerprint density at radius 3 is 3.05 bits per heavy atom. The zero-order chi connectivity index (χ0) is 14.5. The molecule has 20 heavy (non-hydrogen) atoms. The van der Waals surface area contributed by atoms with E-state index in [1.807, 2.05) is 35.8 Å². The monoisotopic (exact) mass is 292 g/mol. The van der Waals surface area contributed by atoms with Crippen LogP contribution in [-0.4, -0.2) is 42.4 Å². The fraction of sp³-hybridized carbons (Fsp3) is 0.562. The summed E-state index contributed by atoms with van der Waals surface area (Å²) in [5.74, 6) is 1.26.